The van der Waals surface area contributed by atoms with E-state index >= 15 is 0 Å². The molecule has 0 saturated carbocycles. The van der Waals surface area contributed by atoms with E-state index in [1.807, 2.05) is 6.07 Å². The molecule has 1 aromatic rings. The summed E-state index contributed by atoms with van der Waals surface area (Å²) in [6.45, 7) is 1.99. The van der Waals surface area contributed by atoms with E-state index in [0.717, 1.165) is 0 Å². The molecule has 1 aromatic carbocycles. The Kier molecular flexibility index (Phi) is 4.47. The minimum Gasteiger partial charge on any atom is -0.480 e. The molecule has 0 fully saturated rings. The molecule has 0 atom stereocenters. The van der Waals surface area contributed by atoms with Gasteiger partial charge in [-0.1, -0.05) is 25.1 Å². The second-order valence-electron chi connectivity index (χ2n) is 3.21. The van der Waals surface area contributed by atoms with E-state index in [1.165, 1.54) is 5.01 Å². The van der Waals surface area contributed by atoms with Crippen LogP contribution in [-0.2, 0) is 4.79 Å². The molecule has 0 spiro atoms. The highest BCUT2D eigenvalue weighted by atomic mass is 16.4. The Balaban J connectivity index is 2.59. The highest BCUT2D eigenvalue weighted by Crippen LogP contribution is 1.98. The molecule has 0 heterocycles. The van der Waals surface area contributed by atoms with Gasteiger partial charge in [-0.3, -0.25) is 15.0 Å². The number of rotatable bonds is 5. The van der Waals surface area contributed by atoms with E-state index in [9.17, 15) is 9.59 Å². The van der Waals surface area contributed by atoms with Crippen molar-refractivity contribution < 1.29 is 14.7 Å². The fourth-order valence-corrected chi connectivity index (χ4v) is 1.19. The number of hydrogen-bond acceptors (Lipinski definition) is 3. The summed E-state index contributed by atoms with van der Waals surface area (Å²) in [7, 11) is 0. The van der Waals surface area contributed by atoms with Crippen molar-refractivity contribution >= 4 is 11.9 Å². The molecule has 86 valence electrons. The Hall–Kier alpha value is -1.88. The lowest BCUT2D eigenvalue weighted by Gasteiger charge is -2.18. The van der Waals surface area contributed by atoms with Gasteiger partial charge in [0.2, 0.25) is 0 Å². The molecular weight excluding hydrogens is 208 g/mol. The normalized spacial score (nSPS) is 10.1. The molecule has 2 N–H and O–H groups in total. The number of nitrogens with zero attached hydrogens (tertiary/aromatic N) is 1. The summed E-state index contributed by atoms with van der Waals surface area (Å²) < 4.78 is 0. The van der Waals surface area contributed by atoms with Gasteiger partial charge in [-0.15, -0.1) is 0 Å². The fourth-order valence-electron chi connectivity index (χ4n) is 1.19. The van der Waals surface area contributed by atoms with Crippen molar-refractivity contribution in [3.63, 3.8) is 0 Å². The third kappa shape index (κ3) is 3.70. The van der Waals surface area contributed by atoms with E-state index in [0.29, 0.717) is 12.1 Å². The quantitative estimate of drug-likeness (QED) is 0.721. The van der Waals surface area contributed by atoms with Gasteiger partial charge in [0, 0.05) is 12.1 Å². The number of carboxylic acid groups (broad SMARTS) is 1. The molecule has 0 radical (unpaired) electrons. The maximum atomic E-state index is 11.6. The van der Waals surface area contributed by atoms with Gasteiger partial charge >= 0.3 is 5.97 Å². The van der Waals surface area contributed by atoms with Crippen molar-refractivity contribution in [1.82, 2.24) is 10.4 Å². The number of carbonyl (C=O) groups excluding carboxylic acids is 1. The zero-order chi connectivity index (χ0) is 12.0. The summed E-state index contributed by atoms with van der Waals surface area (Å²) in [4.78, 5) is 22.1. The summed E-state index contributed by atoms with van der Waals surface area (Å²) >= 11 is 0. The number of carboxylic acids is 1. The molecule has 16 heavy (non-hydrogen) atoms. The van der Waals surface area contributed by atoms with Crippen LogP contribution >= 0.6 is 0 Å². The van der Waals surface area contributed by atoms with Crippen LogP contribution in [0.5, 0.6) is 0 Å². The third-order valence-electron chi connectivity index (χ3n) is 2.00. The molecule has 0 aliphatic carbocycles. The highest BCUT2D eigenvalue weighted by Gasteiger charge is 2.11. The first-order chi connectivity index (χ1) is 7.63. The molecule has 0 aliphatic heterocycles. The number of aliphatic carboxylic acids is 1. The number of carbonyl (C=O) groups is 2. The average Bonchev–Trinajstić information content (AvgIpc) is 2.28. The van der Waals surface area contributed by atoms with Gasteiger partial charge in [0.25, 0.3) is 5.91 Å². The maximum absolute atomic E-state index is 11.6. The number of amides is 1. The topological polar surface area (TPSA) is 69.6 Å². The maximum Gasteiger partial charge on any atom is 0.319 e. The van der Waals surface area contributed by atoms with Gasteiger partial charge in [0.05, 0.1) is 0 Å². The van der Waals surface area contributed by atoms with Gasteiger partial charge in [-0.05, 0) is 12.1 Å². The molecule has 0 aliphatic rings. The van der Waals surface area contributed by atoms with Crippen LogP contribution in [0, 0.1) is 0 Å². The monoisotopic (exact) mass is 222 g/mol. The molecular formula is C11H14N2O3. The van der Waals surface area contributed by atoms with Gasteiger partial charge in [-0.2, -0.15) is 0 Å². The van der Waals surface area contributed by atoms with Gasteiger partial charge in [0.1, 0.15) is 6.54 Å². The van der Waals surface area contributed by atoms with E-state index in [-0.39, 0.29) is 12.5 Å². The fraction of sp³-hybridized carbons (Fsp3) is 0.273. The van der Waals surface area contributed by atoms with E-state index in [4.69, 9.17) is 5.11 Å². The number of benzene rings is 1. The molecule has 0 bridgehead atoms. The van der Waals surface area contributed by atoms with Crippen molar-refractivity contribution in [1.29, 1.82) is 0 Å². The smallest absolute Gasteiger partial charge is 0.319 e. The Labute approximate surface area is 93.7 Å². The summed E-state index contributed by atoms with van der Waals surface area (Å²) in [5.41, 5.74) is 3.03. The molecule has 0 aromatic heterocycles. The van der Waals surface area contributed by atoms with Crippen LogP contribution in [0.25, 0.3) is 0 Å². The molecule has 5 heteroatoms. The minimum atomic E-state index is -0.977. The van der Waals surface area contributed by atoms with Crippen LogP contribution < -0.4 is 5.43 Å². The minimum absolute atomic E-state index is 0.213. The van der Waals surface area contributed by atoms with Crippen LogP contribution in [0.1, 0.15) is 17.3 Å². The molecule has 5 nitrogen and oxygen atoms in total. The highest BCUT2D eigenvalue weighted by molar-refractivity contribution is 5.93. The Bertz CT molecular complexity index is 365. The second-order valence-corrected chi connectivity index (χ2v) is 3.21. The SMILES string of the molecule is CCN(CC(=O)O)NC(=O)c1ccccc1. The lowest BCUT2D eigenvalue weighted by atomic mass is 10.2. The summed E-state index contributed by atoms with van der Waals surface area (Å²) in [6, 6.07) is 8.66. The van der Waals surface area contributed by atoms with E-state index < -0.39 is 5.97 Å². The lowest BCUT2D eigenvalue weighted by molar-refractivity contribution is -0.138. The molecule has 0 saturated heterocycles. The predicted octanol–water partition coefficient (Wildman–Crippen LogP) is 0.738. The zero-order valence-corrected chi connectivity index (χ0v) is 9.01. The number of hydrazine groups is 1. The van der Waals surface area contributed by atoms with E-state index in [2.05, 4.69) is 5.43 Å². The molecule has 1 rings (SSSR count). The predicted molar refractivity (Wildman–Crippen MR) is 58.8 cm³/mol. The summed E-state index contributed by atoms with van der Waals surface area (Å²) in [5, 5.41) is 9.95. The van der Waals surface area contributed by atoms with Crippen LogP contribution in [0.15, 0.2) is 30.3 Å². The van der Waals surface area contributed by atoms with Gasteiger partial charge < -0.3 is 5.11 Å². The molecule has 0 unspecified atom stereocenters. The second kappa shape index (κ2) is 5.87. The van der Waals surface area contributed by atoms with E-state index in [1.54, 1.807) is 31.2 Å². The number of nitrogens with one attached hydrogen (secondary N) is 1. The van der Waals surface area contributed by atoms with Crippen LogP contribution in [0.2, 0.25) is 0 Å². The zero-order valence-electron chi connectivity index (χ0n) is 9.01. The number of likely N-dealkylation sites (N-methyl/N-ethyl adjacent to an activating group) is 1. The first-order valence-electron chi connectivity index (χ1n) is 4.96. The first kappa shape index (κ1) is 12.2. The standard InChI is InChI=1S/C11H14N2O3/c1-2-13(8-10(14)15)12-11(16)9-6-4-3-5-7-9/h3-7H,2,8H2,1H3,(H,12,16)(H,14,15). The van der Waals surface area contributed by atoms with Crippen LogP contribution in [-0.4, -0.2) is 35.1 Å². The van der Waals surface area contributed by atoms with Crippen LogP contribution in [0.4, 0.5) is 0 Å². The van der Waals surface area contributed by atoms with Crippen molar-refractivity contribution in [2.75, 3.05) is 13.1 Å². The van der Waals surface area contributed by atoms with Crippen molar-refractivity contribution in [3.8, 4) is 0 Å². The first-order valence-corrected chi connectivity index (χ1v) is 4.96. The Morgan fingerprint density at radius 1 is 1.31 bits per heavy atom. The molecule has 1 amide bonds. The third-order valence-corrected chi connectivity index (χ3v) is 2.00. The number of hydrogen-bond donors (Lipinski definition) is 2. The Morgan fingerprint density at radius 3 is 2.44 bits per heavy atom. The van der Waals surface area contributed by atoms with Gasteiger partial charge in [-0.25, -0.2) is 5.01 Å². The Morgan fingerprint density at radius 2 is 1.94 bits per heavy atom. The van der Waals surface area contributed by atoms with Crippen molar-refractivity contribution in [3.05, 3.63) is 35.9 Å². The van der Waals surface area contributed by atoms with Crippen molar-refractivity contribution in [2.45, 2.75) is 6.92 Å². The lowest BCUT2D eigenvalue weighted by Crippen LogP contribution is -2.44. The largest absolute Gasteiger partial charge is 0.480 e. The summed E-state index contributed by atoms with van der Waals surface area (Å²) in [5.74, 6) is -1.28. The van der Waals surface area contributed by atoms with Crippen LogP contribution in [0.3, 0.4) is 0 Å². The average molecular weight is 222 g/mol. The van der Waals surface area contributed by atoms with Crippen molar-refractivity contribution in [2.24, 2.45) is 0 Å². The van der Waals surface area contributed by atoms with Gasteiger partial charge in [0.15, 0.2) is 0 Å². The summed E-state index contributed by atoms with van der Waals surface area (Å²) in [6.07, 6.45) is 0.